The Labute approximate surface area is 135 Å². The van der Waals surface area contributed by atoms with Gasteiger partial charge in [-0.2, -0.15) is 0 Å². The first kappa shape index (κ1) is 15.7. The van der Waals surface area contributed by atoms with Crippen LogP contribution in [-0.2, 0) is 11.3 Å². The van der Waals surface area contributed by atoms with Crippen molar-refractivity contribution in [3.05, 3.63) is 24.3 Å². The zero-order chi connectivity index (χ0) is 16.2. The van der Waals surface area contributed by atoms with E-state index in [0.29, 0.717) is 30.1 Å². The van der Waals surface area contributed by atoms with Crippen molar-refractivity contribution >= 4 is 5.91 Å². The van der Waals surface area contributed by atoms with Gasteiger partial charge in [-0.25, -0.2) is 0 Å². The molecule has 0 spiro atoms. The van der Waals surface area contributed by atoms with E-state index in [1.807, 2.05) is 6.92 Å². The van der Waals surface area contributed by atoms with Gasteiger partial charge in [0, 0.05) is 6.04 Å². The Balaban J connectivity index is 1.65. The maximum Gasteiger partial charge on any atom is 0.283 e. The summed E-state index contributed by atoms with van der Waals surface area (Å²) in [5, 5.41) is 11.1. The Bertz CT molecular complexity index is 634. The third kappa shape index (κ3) is 3.98. The van der Waals surface area contributed by atoms with Crippen molar-refractivity contribution in [2.45, 2.75) is 51.7 Å². The third-order valence-corrected chi connectivity index (χ3v) is 3.90. The van der Waals surface area contributed by atoms with E-state index in [9.17, 15) is 4.79 Å². The lowest BCUT2D eigenvalue weighted by Crippen LogP contribution is -2.45. The molecule has 1 aliphatic carbocycles. The minimum Gasteiger partial charge on any atom is -0.459 e. The number of hydrogen-bond donors (Lipinski definition) is 1. The maximum atomic E-state index is 12.3. The van der Waals surface area contributed by atoms with E-state index < -0.39 is 0 Å². The monoisotopic (exact) mass is 318 g/mol. The van der Waals surface area contributed by atoms with Crippen LogP contribution in [0.15, 0.2) is 27.2 Å². The van der Waals surface area contributed by atoms with Crippen molar-refractivity contribution in [3.8, 4) is 11.7 Å². The fourth-order valence-electron chi connectivity index (χ4n) is 2.40. The largest absolute Gasteiger partial charge is 0.459 e. The highest BCUT2D eigenvalue weighted by Gasteiger charge is 2.29. The lowest BCUT2D eigenvalue weighted by molar-refractivity contribution is -0.126. The molecule has 2 aromatic rings. The third-order valence-electron chi connectivity index (χ3n) is 3.90. The molecule has 1 N–H and O–H groups in total. The smallest absolute Gasteiger partial charge is 0.283 e. The summed E-state index contributed by atoms with van der Waals surface area (Å²) in [6.07, 6.45) is 4.68. The highest BCUT2D eigenvalue weighted by Crippen LogP contribution is 2.21. The molecular weight excluding hydrogens is 296 g/mol. The first-order valence-electron chi connectivity index (χ1n) is 8.08. The molecular formula is C16H22N4O3. The normalized spacial score (nSPS) is 15.8. The van der Waals surface area contributed by atoms with E-state index in [-0.39, 0.29) is 11.9 Å². The van der Waals surface area contributed by atoms with Crippen molar-refractivity contribution in [1.29, 1.82) is 0 Å². The zero-order valence-corrected chi connectivity index (χ0v) is 13.5. The standard InChI is InChI=1S/C16H22N4O3/c1-3-8-20(11(2)15(21)17-12-6-7-12)10-14-18-19-16(23-14)13-5-4-9-22-13/h4-5,9,11-12H,3,6-8,10H2,1-2H3,(H,17,21)/t11-/m1/s1. The first-order chi connectivity index (χ1) is 11.2. The number of nitrogens with zero attached hydrogens (tertiary/aromatic N) is 3. The molecule has 124 valence electrons. The summed E-state index contributed by atoms with van der Waals surface area (Å²) < 4.78 is 10.9. The molecule has 0 aliphatic heterocycles. The van der Waals surface area contributed by atoms with Crippen LogP contribution in [0, 0.1) is 0 Å². The van der Waals surface area contributed by atoms with Crippen molar-refractivity contribution in [3.63, 3.8) is 0 Å². The summed E-state index contributed by atoms with van der Waals surface area (Å²) in [6, 6.07) is 3.68. The molecule has 0 bridgehead atoms. The summed E-state index contributed by atoms with van der Waals surface area (Å²) in [5.41, 5.74) is 0. The minimum atomic E-state index is -0.227. The number of rotatable bonds is 8. The van der Waals surface area contributed by atoms with Crippen LogP contribution >= 0.6 is 0 Å². The number of carbonyl (C=O) groups is 1. The summed E-state index contributed by atoms with van der Waals surface area (Å²) in [7, 11) is 0. The van der Waals surface area contributed by atoms with E-state index in [4.69, 9.17) is 8.83 Å². The van der Waals surface area contributed by atoms with Gasteiger partial charge >= 0.3 is 0 Å². The molecule has 1 atom stereocenters. The first-order valence-corrected chi connectivity index (χ1v) is 8.08. The second-order valence-corrected chi connectivity index (χ2v) is 5.91. The van der Waals surface area contributed by atoms with Crippen LogP contribution in [0.3, 0.4) is 0 Å². The van der Waals surface area contributed by atoms with Crippen molar-refractivity contribution < 1.29 is 13.6 Å². The van der Waals surface area contributed by atoms with Crippen LogP contribution in [0.5, 0.6) is 0 Å². The summed E-state index contributed by atoms with van der Waals surface area (Å²) >= 11 is 0. The van der Waals surface area contributed by atoms with Gasteiger partial charge in [-0.3, -0.25) is 9.69 Å². The molecule has 1 aliphatic rings. The Morgan fingerprint density at radius 1 is 1.48 bits per heavy atom. The number of nitrogens with one attached hydrogen (secondary N) is 1. The maximum absolute atomic E-state index is 12.3. The molecule has 7 heteroatoms. The van der Waals surface area contributed by atoms with Crippen molar-refractivity contribution in [2.24, 2.45) is 0 Å². The molecule has 0 unspecified atom stereocenters. The highest BCUT2D eigenvalue weighted by molar-refractivity contribution is 5.81. The molecule has 1 amide bonds. The number of carbonyl (C=O) groups excluding carboxylic acids is 1. The Hall–Kier alpha value is -2.15. The van der Waals surface area contributed by atoms with E-state index in [1.54, 1.807) is 18.4 Å². The molecule has 23 heavy (non-hydrogen) atoms. The molecule has 7 nitrogen and oxygen atoms in total. The molecule has 0 saturated heterocycles. The number of amides is 1. The van der Waals surface area contributed by atoms with Crippen LogP contribution in [0.25, 0.3) is 11.7 Å². The Morgan fingerprint density at radius 3 is 2.96 bits per heavy atom. The molecule has 1 saturated carbocycles. The predicted octanol–water partition coefficient (Wildman–Crippen LogP) is 2.21. The van der Waals surface area contributed by atoms with Gasteiger partial charge in [0.05, 0.1) is 18.8 Å². The number of furan rings is 1. The predicted molar refractivity (Wildman–Crippen MR) is 83.3 cm³/mol. The number of hydrogen-bond acceptors (Lipinski definition) is 6. The molecule has 0 aromatic carbocycles. The fraction of sp³-hybridized carbons (Fsp3) is 0.562. The average Bonchev–Trinajstić information content (AvgIpc) is 3.04. The van der Waals surface area contributed by atoms with Gasteiger partial charge < -0.3 is 14.2 Å². The van der Waals surface area contributed by atoms with Gasteiger partial charge in [-0.15, -0.1) is 10.2 Å². The van der Waals surface area contributed by atoms with Crippen LogP contribution in [0.2, 0.25) is 0 Å². The van der Waals surface area contributed by atoms with E-state index >= 15 is 0 Å². The van der Waals surface area contributed by atoms with Gasteiger partial charge in [0.15, 0.2) is 5.76 Å². The summed E-state index contributed by atoms with van der Waals surface area (Å²) in [5.74, 6) is 1.45. The van der Waals surface area contributed by atoms with E-state index in [2.05, 4.69) is 27.3 Å². The highest BCUT2D eigenvalue weighted by atomic mass is 16.4. The van der Waals surface area contributed by atoms with Crippen molar-refractivity contribution in [1.82, 2.24) is 20.4 Å². The topological polar surface area (TPSA) is 84.4 Å². The SMILES string of the molecule is CCCN(Cc1nnc(-c2ccco2)o1)[C@H](C)C(=O)NC1CC1. The summed E-state index contributed by atoms with van der Waals surface area (Å²) in [6.45, 7) is 5.23. The second kappa shape index (κ2) is 6.95. The minimum absolute atomic E-state index is 0.0618. The lowest BCUT2D eigenvalue weighted by Gasteiger charge is -2.26. The van der Waals surface area contributed by atoms with Crippen LogP contribution in [0.4, 0.5) is 0 Å². The molecule has 3 rings (SSSR count). The summed E-state index contributed by atoms with van der Waals surface area (Å²) in [4.78, 5) is 14.3. The molecule has 0 radical (unpaired) electrons. The van der Waals surface area contributed by atoms with Gasteiger partial charge in [-0.05, 0) is 44.9 Å². The van der Waals surface area contributed by atoms with E-state index in [0.717, 1.165) is 25.8 Å². The van der Waals surface area contributed by atoms with Gasteiger partial charge in [-0.1, -0.05) is 6.92 Å². The molecule has 2 aromatic heterocycles. The zero-order valence-electron chi connectivity index (χ0n) is 13.5. The Kier molecular flexibility index (Phi) is 4.76. The van der Waals surface area contributed by atoms with E-state index in [1.165, 1.54) is 0 Å². The number of aromatic nitrogens is 2. The quantitative estimate of drug-likeness (QED) is 0.803. The van der Waals surface area contributed by atoms with Gasteiger partial charge in [0.1, 0.15) is 0 Å². The lowest BCUT2D eigenvalue weighted by atomic mass is 10.2. The van der Waals surface area contributed by atoms with Crippen LogP contribution in [0.1, 0.15) is 39.0 Å². The van der Waals surface area contributed by atoms with Gasteiger partial charge in [0.25, 0.3) is 5.89 Å². The molecule has 1 fully saturated rings. The van der Waals surface area contributed by atoms with Gasteiger partial charge in [0.2, 0.25) is 11.8 Å². The fourth-order valence-corrected chi connectivity index (χ4v) is 2.40. The second-order valence-electron chi connectivity index (χ2n) is 5.91. The van der Waals surface area contributed by atoms with Crippen LogP contribution < -0.4 is 5.32 Å². The van der Waals surface area contributed by atoms with Crippen LogP contribution in [-0.4, -0.2) is 39.6 Å². The molecule has 2 heterocycles. The average molecular weight is 318 g/mol. The van der Waals surface area contributed by atoms with Crippen molar-refractivity contribution in [2.75, 3.05) is 6.54 Å². The Morgan fingerprint density at radius 2 is 2.30 bits per heavy atom.